The Bertz CT molecular complexity index is 1040. The molecule has 4 rings (SSSR count). The van der Waals surface area contributed by atoms with Gasteiger partial charge in [-0.05, 0) is 48.9 Å². The van der Waals surface area contributed by atoms with Crippen LogP contribution in [0.2, 0.25) is 0 Å². The minimum Gasteiger partial charge on any atom is -0.489 e. The number of hydrogen-bond donors (Lipinski definition) is 0. The van der Waals surface area contributed by atoms with Crippen molar-refractivity contribution in [3.8, 4) is 5.75 Å². The summed E-state index contributed by atoms with van der Waals surface area (Å²) < 4.78 is 8.73. The molecule has 2 heterocycles. The zero-order valence-corrected chi connectivity index (χ0v) is 19.5. The molecule has 1 aromatic heterocycles. The number of ether oxygens (including phenoxy) is 1. The molecule has 1 fully saturated rings. The van der Waals surface area contributed by atoms with Crippen LogP contribution >= 0.6 is 15.9 Å². The summed E-state index contributed by atoms with van der Waals surface area (Å²) in [6.07, 6.45) is 2.08. The van der Waals surface area contributed by atoms with Crippen LogP contribution in [0, 0.1) is 6.92 Å². The van der Waals surface area contributed by atoms with E-state index in [2.05, 4.69) is 32.1 Å². The van der Waals surface area contributed by atoms with Gasteiger partial charge in [0.15, 0.2) is 0 Å². The summed E-state index contributed by atoms with van der Waals surface area (Å²) in [4.78, 5) is 17.4. The summed E-state index contributed by atoms with van der Waals surface area (Å²) in [6.45, 7) is 6.56. The van der Waals surface area contributed by atoms with Gasteiger partial charge in [0.1, 0.15) is 12.4 Å². The predicted molar refractivity (Wildman–Crippen MR) is 124 cm³/mol. The Morgan fingerprint density at radius 2 is 1.84 bits per heavy atom. The molecule has 0 aliphatic carbocycles. The fourth-order valence-electron chi connectivity index (χ4n) is 3.83. The minimum atomic E-state index is 0.0858. The molecule has 0 radical (unpaired) electrons. The summed E-state index contributed by atoms with van der Waals surface area (Å²) in [6, 6.07) is 15.5. The number of rotatable bonds is 6. The van der Waals surface area contributed by atoms with E-state index in [9.17, 15) is 4.79 Å². The Labute approximate surface area is 191 Å². The Morgan fingerprint density at radius 1 is 1.10 bits per heavy atom. The van der Waals surface area contributed by atoms with Gasteiger partial charge in [-0.2, -0.15) is 5.10 Å². The smallest absolute Gasteiger partial charge is 0.253 e. The van der Waals surface area contributed by atoms with E-state index >= 15 is 0 Å². The molecule has 31 heavy (non-hydrogen) atoms. The van der Waals surface area contributed by atoms with Gasteiger partial charge in [-0.1, -0.05) is 28.1 Å². The normalized spacial score (nSPS) is 14.6. The second kappa shape index (κ2) is 9.66. The quantitative estimate of drug-likeness (QED) is 0.532. The first-order valence-electron chi connectivity index (χ1n) is 10.5. The number of nitrogens with zero attached hydrogens (tertiary/aromatic N) is 4. The minimum absolute atomic E-state index is 0.0858. The van der Waals surface area contributed by atoms with E-state index in [4.69, 9.17) is 4.74 Å². The maximum atomic E-state index is 13.0. The van der Waals surface area contributed by atoms with Gasteiger partial charge in [0.25, 0.3) is 5.91 Å². The molecule has 0 unspecified atom stereocenters. The number of aromatic nitrogens is 2. The van der Waals surface area contributed by atoms with E-state index in [-0.39, 0.29) is 5.91 Å². The van der Waals surface area contributed by atoms with Gasteiger partial charge in [-0.25, -0.2) is 0 Å². The average molecular weight is 483 g/mol. The van der Waals surface area contributed by atoms with Crippen LogP contribution < -0.4 is 4.74 Å². The van der Waals surface area contributed by atoms with Crippen molar-refractivity contribution in [3.05, 3.63) is 81.6 Å². The molecule has 1 amide bonds. The molecule has 6 nitrogen and oxygen atoms in total. The molecule has 0 N–H and O–H groups in total. The number of carbonyl (C=O) groups excluding carboxylic acids is 1. The second-order valence-electron chi connectivity index (χ2n) is 7.92. The van der Waals surface area contributed by atoms with Crippen LogP contribution in [0.1, 0.15) is 27.2 Å². The third-order valence-electron chi connectivity index (χ3n) is 5.56. The van der Waals surface area contributed by atoms with E-state index in [0.717, 1.165) is 54.2 Å². The monoisotopic (exact) mass is 482 g/mol. The lowest BCUT2D eigenvalue weighted by molar-refractivity contribution is 0.0628. The van der Waals surface area contributed by atoms with Gasteiger partial charge < -0.3 is 9.64 Å². The van der Waals surface area contributed by atoms with Crippen molar-refractivity contribution in [1.29, 1.82) is 0 Å². The Hall–Kier alpha value is -2.64. The maximum Gasteiger partial charge on any atom is 0.253 e. The third-order valence-corrected chi connectivity index (χ3v) is 6.09. The fourth-order valence-corrected chi connectivity index (χ4v) is 4.09. The summed E-state index contributed by atoms with van der Waals surface area (Å²) in [5.74, 6) is 0.891. The van der Waals surface area contributed by atoms with E-state index in [1.165, 1.54) is 5.56 Å². The van der Waals surface area contributed by atoms with Crippen LogP contribution in [-0.4, -0.2) is 51.7 Å². The van der Waals surface area contributed by atoms with Crippen molar-refractivity contribution >= 4 is 21.8 Å². The predicted octanol–water partition coefficient (Wildman–Crippen LogP) is 4.03. The third kappa shape index (κ3) is 5.54. The molecular weight excluding hydrogens is 456 g/mol. The first-order chi connectivity index (χ1) is 15.0. The first kappa shape index (κ1) is 21.6. The van der Waals surface area contributed by atoms with Gasteiger partial charge in [-0.15, -0.1) is 0 Å². The molecule has 2 aromatic carbocycles. The molecule has 1 aliphatic heterocycles. The van der Waals surface area contributed by atoms with Crippen molar-refractivity contribution in [2.75, 3.05) is 26.2 Å². The number of hydrogen-bond acceptors (Lipinski definition) is 4. The topological polar surface area (TPSA) is 50.6 Å². The molecular formula is C24H27BrN4O2. The lowest BCUT2D eigenvalue weighted by atomic mass is 10.1. The lowest BCUT2D eigenvalue weighted by Gasteiger charge is -2.34. The van der Waals surface area contributed by atoms with Crippen LogP contribution in [0.4, 0.5) is 0 Å². The molecule has 0 spiro atoms. The Kier molecular flexibility index (Phi) is 6.73. The van der Waals surface area contributed by atoms with Crippen LogP contribution in [-0.2, 0) is 20.2 Å². The number of benzene rings is 2. The fraction of sp³-hybridized carbons (Fsp3) is 0.333. The molecule has 0 bridgehead atoms. The van der Waals surface area contributed by atoms with Crippen LogP contribution in [0.25, 0.3) is 0 Å². The van der Waals surface area contributed by atoms with Gasteiger partial charge in [0, 0.05) is 61.6 Å². The highest BCUT2D eigenvalue weighted by Gasteiger charge is 2.23. The number of piperazine rings is 1. The number of amides is 1. The molecule has 0 saturated carbocycles. The van der Waals surface area contributed by atoms with Crippen molar-refractivity contribution < 1.29 is 9.53 Å². The summed E-state index contributed by atoms with van der Waals surface area (Å²) in [5, 5.41) is 4.42. The Balaban J connectivity index is 1.32. The Morgan fingerprint density at radius 3 is 2.52 bits per heavy atom. The number of carbonyl (C=O) groups is 1. The highest BCUT2D eigenvalue weighted by atomic mass is 79.9. The highest BCUT2D eigenvalue weighted by Crippen LogP contribution is 2.18. The molecule has 1 aliphatic rings. The average Bonchev–Trinajstić information content (AvgIpc) is 3.10. The number of halogens is 1. The summed E-state index contributed by atoms with van der Waals surface area (Å²) in [7, 11) is 1.95. The lowest BCUT2D eigenvalue weighted by Crippen LogP contribution is -2.48. The van der Waals surface area contributed by atoms with E-state index in [1.807, 2.05) is 72.1 Å². The van der Waals surface area contributed by atoms with Gasteiger partial charge in [0.05, 0.1) is 5.69 Å². The molecule has 162 valence electrons. The van der Waals surface area contributed by atoms with Crippen molar-refractivity contribution in [2.24, 2.45) is 7.05 Å². The number of aryl methyl sites for hydroxylation is 2. The van der Waals surface area contributed by atoms with Crippen molar-refractivity contribution in [3.63, 3.8) is 0 Å². The largest absolute Gasteiger partial charge is 0.489 e. The van der Waals surface area contributed by atoms with Crippen molar-refractivity contribution in [1.82, 2.24) is 19.6 Å². The highest BCUT2D eigenvalue weighted by molar-refractivity contribution is 9.10. The van der Waals surface area contributed by atoms with E-state index in [1.54, 1.807) is 0 Å². The molecule has 0 atom stereocenters. The SMILES string of the molecule is Cc1nn(C)cc1CN1CCN(C(=O)c2cccc(COc3ccc(Br)cc3)c2)CC1. The van der Waals surface area contributed by atoms with E-state index in [0.29, 0.717) is 12.2 Å². The zero-order chi connectivity index (χ0) is 21.8. The maximum absolute atomic E-state index is 13.0. The first-order valence-corrected chi connectivity index (χ1v) is 11.3. The van der Waals surface area contributed by atoms with Crippen molar-refractivity contribution in [2.45, 2.75) is 20.1 Å². The summed E-state index contributed by atoms with van der Waals surface area (Å²) >= 11 is 3.42. The van der Waals surface area contributed by atoms with Crippen LogP contribution in [0.5, 0.6) is 5.75 Å². The van der Waals surface area contributed by atoms with Gasteiger partial charge in [0.2, 0.25) is 0 Å². The van der Waals surface area contributed by atoms with Crippen LogP contribution in [0.15, 0.2) is 59.2 Å². The van der Waals surface area contributed by atoms with Crippen LogP contribution in [0.3, 0.4) is 0 Å². The molecule has 1 saturated heterocycles. The van der Waals surface area contributed by atoms with Gasteiger partial charge in [-0.3, -0.25) is 14.4 Å². The second-order valence-corrected chi connectivity index (χ2v) is 8.84. The summed E-state index contributed by atoms with van der Waals surface area (Å²) in [5.41, 5.74) is 4.02. The zero-order valence-electron chi connectivity index (χ0n) is 17.9. The van der Waals surface area contributed by atoms with E-state index < -0.39 is 0 Å². The molecule has 3 aromatic rings. The van der Waals surface area contributed by atoms with Gasteiger partial charge >= 0.3 is 0 Å². The molecule has 7 heteroatoms. The standard InChI is InChI=1S/C24H27BrN4O2/c1-18-21(15-27(2)26-18)16-28-10-12-29(13-11-28)24(30)20-5-3-4-19(14-20)17-31-23-8-6-22(25)7-9-23/h3-9,14-15H,10-13,16-17H2,1-2H3.